The van der Waals surface area contributed by atoms with Crippen molar-refractivity contribution in [2.24, 2.45) is 9.98 Å². The van der Waals surface area contributed by atoms with Gasteiger partial charge < -0.3 is 5.32 Å². The van der Waals surface area contributed by atoms with Gasteiger partial charge >= 0.3 is 0 Å². The summed E-state index contributed by atoms with van der Waals surface area (Å²) < 4.78 is 0. The summed E-state index contributed by atoms with van der Waals surface area (Å²) in [6.45, 7) is 0. The Balaban J connectivity index is 1.25. The first kappa shape index (κ1) is 27.9. The number of fused-ring (bicyclic) bond motifs is 4. The highest BCUT2D eigenvalue weighted by atomic mass is 15.2. The Kier molecular flexibility index (Phi) is 6.87. The van der Waals surface area contributed by atoms with Crippen LogP contribution in [0, 0.1) is 0 Å². The van der Waals surface area contributed by atoms with E-state index in [1.807, 2.05) is 24.3 Å². The lowest BCUT2D eigenvalue weighted by atomic mass is 9.84. The van der Waals surface area contributed by atoms with Crippen LogP contribution >= 0.6 is 0 Å². The van der Waals surface area contributed by atoms with Crippen LogP contribution in [0.2, 0.25) is 0 Å². The van der Waals surface area contributed by atoms with Gasteiger partial charge in [-0.05, 0) is 66.2 Å². The lowest BCUT2D eigenvalue weighted by molar-refractivity contribution is 0.674. The molecule has 226 valence electrons. The molecule has 1 N–H and O–H groups in total. The van der Waals surface area contributed by atoms with Gasteiger partial charge in [0.25, 0.3) is 0 Å². The quantitative estimate of drug-likeness (QED) is 0.193. The van der Waals surface area contributed by atoms with E-state index < -0.39 is 0 Å². The highest BCUT2D eigenvalue weighted by Gasteiger charge is 2.23. The zero-order chi connectivity index (χ0) is 31.9. The monoisotopic (exact) mass is 613 g/mol. The van der Waals surface area contributed by atoms with Crippen molar-refractivity contribution < 1.29 is 0 Å². The fourth-order valence-corrected chi connectivity index (χ4v) is 7.10. The number of nitrogens with zero attached hydrogens (tertiary/aromatic N) is 2. The first-order chi connectivity index (χ1) is 23.8. The fourth-order valence-electron chi connectivity index (χ4n) is 7.10. The molecule has 8 aromatic rings. The molecule has 1 aliphatic heterocycles. The van der Waals surface area contributed by atoms with Gasteiger partial charge in [0.15, 0.2) is 5.84 Å². The molecule has 0 saturated carbocycles. The van der Waals surface area contributed by atoms with E-state index in [1.54, 1.807) is 0 Å². The molecule has 1 heterocycles. The van der Waals surface area contributed by atoms with Crippen LogP contribution in [0.3, 0.4) is 0 Å². The maximum Gasteiger partial charge on any atom is 0.160 e. The predicted octanol–water partition coefficient (Wildman–Crippen LogP) is 11.0. The summed E-state index contributed by atoms with van der Waals surface area (Å²) in [6, 6.07) is 62.3. The molecule has 1 unspecified atom stereocenters. The summed E-state index contributed by atoms with van der Waals surface area (Å²) >= 11 is 0. The van der Waals surface area contributed by atoms with Crippen LogP contribution in [0.5, 0.6) is 0 Å². The predicted molar refractivity (Wildman–Crippen MR) is 202 cm³/mol. The third-order valence-electron chi connectivity index (χ3n) is 9.31. The van der Waals surface area contributed by atoms with Crippen LogP contribution in [-0.2, 0) is 0 Å². The average Bonchev–Trinajstić information content (AvgIpc) is 3.17. The zero-order valence-electron chi connectivity index (χ0n) is 26.2. The first-order valence-corrected chi connectivity index (χ1v) is 16.4. The van der Waals surface area contributed by atoms with Crippen molar-refractivity contribution in [2.45, 2.75) is 6.17 Å². The van der Waals surface area contributed by atoms with E-state index in [-0.39, 0.29) is 6.17 Å². The summed E-state index contributed by atoms with van der Waals surface area (Å²) in [6.07, 6.45) is -0.249. The van der Waals surface area contributed by atoms with Gasteiger partial charge in [-0.2, -0.15) is 0 Å². The smallest absolute Gasteiger partial charge is 0.160 e. The molecule has 0 amide bonds. The lowest BCUT2D eigenvalue weighted by Gasteiger charge is -2.24. The van der Waals surface area contributed by atoms with Gasteiger partial charge in [0.2, 0.25) is 0 Å². The van der Waals surface area contributed by atoms with Gasteiger partial charge in [-0.25, -0.2) is 9.98 Å². The standard InChI is InChI=1S/C45H31N3/c1-4-15-30(16-5-1)41-38-24-12-10-22-36(38)37-23-11-13-25-39(37)42(41)34-27-28-35-33(29-34)21-14-26-40(35)45-47-43(31-17-6-2-7-18-31)46-44(48-45)32-19-8-3-9-20-32/h1-29,43H,(H,46,47,48). The second kappa shape index (κ2) is 11.8. The van der Waals surface area contributed by atoms with E-state index >= 15 is 0 Å². The molecule has 3 nitrogen and oxygen atoms in total. The van der Waals surface area contributed by atoms with Crippen LogP contribution in [0.25, 0.3) is 54.6 Å². The summed E-state index contributed by atoms with van der Waals surface area (Å²) in [4.78, 5) is 10.3. The number of amidine groups is 2. The second-order valence-electron chi connectivity index (χ2n) is 12.2. The Morgan fingerprint density at radius 1 is 0.417 bits per heavy atom. The summed E-state index contributed by atoms with van der Waals surface area (Å²) in [5.41, 5.74) is 8.04. The third-order valence-corrected chi connectivity index (χ3v) is 9.31. The van der Waals surface area contributed by atoms with Crippen LogP contribution < -0.4 is 5.32 Å². The largest absolute Gasteiger partial charge is 0.344 e. The van der Waals surface area contributed by atoms with Gasteiger partial charge in [-0.3, -0.25) is 0 Å². The number of rotatable bonds is 5. The van der Waals surface area contributed by atoms with Gasteiger partial charge in [-0.15, -0.1) is 0 Å². The van der Waals surface area contributed by atoms with E-state index in [9.17, 15) is 0 Å². The van der Waals surface area contributed by atoms with Crippen molar-refractivity contribution in [1.29, 1.82) is 0 Å². The van der Waals surface area contributed by atoms with E-state index in [1.165, 1.54) is 43.8 Å². The molecule has 0 radical (unpaired) electrons. The maximum atomic E-state index is 5.18. The summed E-state index contributed by atoms with van der Waals surface area (Å²) in [7, 11) is 0. The van der Waals surface area contributed by atoms with Gasteiger partial charge in [0.05, 0.1) is 0 Å². The molecule has 1 atom stereocenters. The zero-order valence-corrected chi connectivity index (χ0v) is 26.2. The number of hydrogen-bond acceptors (Lipinski definition) is 3. The van der Waals surface area contributed by atoms with E-state index in [4.69, 9.17) is 9.98 Å². The normalized spacial score (nSPS) is 14.5. The number of hydrogen-bond donors (Lipinski definition) is 1. The van der Waals surface area contributed by atoms with Crippen molar-refractivity contribution in [2.75, 3.05) is 0 Å². The van der Waals surface area contributed by atoms with Crippen molar-refractivity contribution >= 4 is 44.0 Å². The molecular weight excluding hydrogens is 583 g/mol. The van der Waals surface area contributed by atoms with E-state index in [2.05, 4.69) is 157 Å². The molecule has 0 bridgehead atoms. The van der Waals surface area contributed by atoms with Crippen LogP contribution in [0.4, 0.5) is 0 Å². The molecule has 1 aliphatic rings. The van der Waals surface area contributed by atoms with Crippen molar-refractivity contribution in [3.05, 3.63) is 193 Å². The Hall–Kier alpha value is -6.32. The SMILES string of the molecule is c1ccc(C2=NC(c3cccc4cc(-c5c(-c6ccccc6)c6ccccc6c6ccccc56)ccc34)=NC(c3ccccc3)N2)cc1. The number of aliphatic imine (C=N–C) groups is 2. The van der Waals surface area contributed by atoms with E-state index in [0.717, 1.165) is 39.1 Å². The molecule has 0 aliphatic carbocycles. The number of nitrogens with one attached hydrogen (secondary N) is 1. The highest BCUT2D eigenvalue weighted by molar-refractivity contribution is 6.22. The molecule has 0 fully saturated rings. The summed E-state index contributed by atoms with van der Waals surface area (Å²) in [5, 5.41) is 10.9. The minimum Gasteiger partial charge on any atom is -0.344 e. The van der Waals surface area contributed by atoms with E-state index in [0.29, 0.717) is 0 Å². The Morgan fingerprint density at radius 3 is 1.65 bits per heavy atom. The van der Waals surface area contributed by atoms with Crippen LogP contribution in [0.1, 0.15) is 22.9 Å². The fraction of sp³-hybridized carbons (Fsp3) is 0.0222. The molecule has 0 saturated heterocycles. The van der Waals surface area contributed by atoms with Crippen molar-refractivity contribution in [3.63, 3.8) is 0 Å². The maximum absolute atomic E-state index is 5.18. The van der Waals surface area contributed by atoms with Crippen LogP contribution in [-0.4, -0.2) is 11.7 Å². The minimum absolute atomic E-state index is 0.249. The molecule has 0 aromatic heterocycles. The molecule has 3 heteroatoms. The second-order valence-corrected chi connectivity index (χ2v) is 12.2. The minimum atomic E-state index is -0.249. The highest BCUT2D eigenvalue weighted by Crippen LogP contribution is 2.45. The molecular formula is C45H31N3. The molecule has 9 rings (SSSR count). The Labute approximate surface area is 279 Å². The van der Waals surface area contributed by atoms with Crippen LogP contribution in [0.15, 0.2) is 186 Å². The topological polar surface area (TPSA) is 36.8 Å². The van der Waals surface area contributed by atoms with Crippen molar-refractivity contribution in [3.8, 4) is 22.3 Å². The molecule has 0 spiro atoms. The van der Waals surface area contributed by atoms with Gasteiger partial charge in [0.1, 0.15) is 12.0 Å². The average molecular weight is 614 g/mol. The first-order valence-electron chi connectivity index (χ1n) is 16.4. The lowest BCUT2D eigenvalue weighted by Crippen LogP contribution is -2.33. The van der Waals surface area contributed by atoms with Crippen molar-refractivity contribution in [1.82, 2.24) is 5.32 Å². The van der Waals surface area contributed by atoms with Gasteiger partial charge in [-0.1, -0.05) is 170 Å². The summed E-state index contributed by atoms with van der Waals surface area (Å²) in [5.74, 6) is 1.54. The Bertz CT molecular complexity index is 2520. The molecule has 8 aromatic carbocycles. The number of benzene rings is 8. The Morgan fingerprint density at radius 2 is 0.979 bits per heavy atom. The third kappa shape index (κ3) is 4.85. The molecule has 48 heavy (non-hydrogen) atoms. The van der Waals surface area contributed by atoms with Gasteiger partial charge in [0, 0.05) is 11.1 Å².